The average Bonchev–Trinajstić information content (AvgIpc) is 2.84. The van der Waals surface area contributed by atoms with Gasteiger partial charge in [-0.25, -0.2) is 0 Å². The average molecular weight is 370 g/mol. The fourth-order valence-electron chi connectivity index (χ4n) is 2.36. The molecule has 140 valence electrons. The minimum Gasteiger partial charge on any atom is -0.494 e. The van der Waals surface area contributed by atoms with E-state index in [4.69, 9.17) is 26.8 Å². The summed E-state index contributed by atoms with van der Waals surface area (Å²) >= 11 is 5.18. The molecule has 7 nitrogen and oxygen atoms in total. The summed E-state index contributed by atoms with van der Waals surface area (Å²) in [6.07, 6.45) is -3.05. The standard InChI is InChI=1S/C17H26N2O5S/c1-10(2)7-8-23-12-5-3-11(4-6-12)18-17(25)19-16-15(22)14(21)13(9-20)24-16/h3-6,10,13-16,20-22H,7-9H2,1-2H3,(H2,18,19,25)/t13-,14-,15-,16?/m1/s1. The first-order valence-corrected chi connectivity index (χ1v) is 8.74. The molecule has 0 bridgehead atoms. The molecule has 0 radical (unpaired) electrons. The lowest BCUT2D eigenvalue weighted by atomic mass is 10.1. The number of hydrogen-bond donors (Lipinski definition) is 5. The molecule has 1 aliphatic heterocycles. The zero-order chi connectivity index (χ0) is 18.4. The van der Waals surface area contributed by atoms with Crippen LogP contribution in [0.1, 0.15) is 20.3 Å². The molecule has 2 rings (SSSR count). The van der Waals surface area contributed by atoms with Gasteiger partial charge in [-0.2, -0.15) is 0 Å². The molecule has 0 aliphatic carbocycles. The molecule has 1 unspecified atom stereocenters. The van der Waals surface area contributed by atoms with Crippen LogP contribution in [-0.4, -0.2) is 58.2 Å². The van der Waals surface area contributed by atoms with Gasteiger partial charge in [0.1, 0.15) is 24.1 Å². The number of hydrogen-bond acceptors (Lipinski definition) is 6. The molecule has 5 N–H and O–H groups in total. The molecule has 1 fully saturated rings. The Hall–Kier alpha value is -1.45. The van der Waals surface area contributed by atoms with Gasteiger partial charge in [0.05, 0.1) is 13.2 Å². The van der Waals surface area contributed by atoms with E-state index in [1.165, 1.54) is 0 Å². The maximum Gasteiger partial charge on any atom is 0.172 e. The Morgan fingerprint density at radius 2 is 1.92 bits per heavy atom. The van der Waals surface area contributed by atoms with Crippen LogP contribution in [0.2, 0.25) is 0 Å². The molecule has 25 heavy (non-hydrogen) atoms. The second kappa shape index (κ2) is 9.30. The summed E-state index contributed by atoms with van der Waals surface area (Å²) in [4.78, 5) is 0. The second-order valence-electron chi connectivity index (χ2n) is 6.41. The highest BCUT2D eigenvalue weighted by Crippen LogP contribution is 2.20. The van der Waals surface area contributed by atoms with Gasteiger partial charge in [-0.3, -0.25) is 0 Å². The van der Waals surface area contributed by atoms with Crippen LogP contribution in [-0.2, 0) is 4.74 Å². The van der Waals surface area contributed by atoms with E-state index in [2.05, 4.69) is 24.5 Å². The number of thiocarbonyl (C=S) groups is 1. The SMILES string of the molecule is CC(C)CCOc1ccc(NC(=S)NC2O[C@H](CO)[C@@H](O)[C@H]2O)cc1. The lowest BCUT2D eigenvalue weighted by molar-refractivity contribution is -0.0260. The van der Waals surface area contributed by atoms with E-state index in [0.29, 0.717) is 12.5 Å². The normalized spacial score (nSPS) is 25.8. The molecule has 4 atom stereocenters. The highest BCUT2D eigenvalue weighted by molar-refractivity contribution is 7.80. The van der Waals surface area contributed by atoms with Crippen LogP contribution in [0.15, 0.2) is 24.3 Å². The molecule has 1 aromatic carbocycles. The Kier molecular flexibility index (Phi) is 7.39. The lowest BCUT2D eigenvalue weighted by Crippen LogP contribution is -2.45. The minimum absolute atomic E-state index is 0.239. The van der Waals surface area contributed by atoms with Gasteiger partial charge in [0.25, 0.3) is 0 Å². The Balaban J connectivity index is 1.80. The summed E-state index contributed by atoms with van der Waals surface area (Å²) in [5.41, 5.74) is 0.750. The smallest absolute Gasteiger partial charge is 0.172 e. The quantitative estimate of drug-likeness (QED) is 0.450. The molecule has 1 aliphatic rings. The zero-order valence-corrected chi connectivity index (χ0v) is 15.2. The summed E-state index contributed by atoms with van der Waals surface area (Å²) in [6.45, 7) is 4.60. The topological polar surface area (TPSA) is 103 Å². The van der Waals surface area contributed by atoms with Gasteiger partial charge in [0.15, 0.2) is 11.3 Å². The van der Waals surface area contributed by atoms with Crippen molar-refractivity contribution in [3.63, 3.8) is 0 Å². The highest BCUT2D eigenvalue weighted by Gasteiger charge is 2.42. The van der Waals surface area contributed by atoms with Crippen LogP contribution in [0.4, 0.5) is 5.69 Å². The molecular weight excluding hydrogens is 344 g/mol. The fourth-order valence-corrected chi connectivity index (χ4v) is 2.60. The number of nitrogens with one attached hydrogen (secondary N) is 2. The van der Waals surface area contributed by atoms with Gasteiger partial charge >= 0.3 is 0 Å². The number of aliphatic hydroxyl groups excluding tert-OH is 3. The maximum absolute atomic E-state index is 9.88. The third kappa shape index (κ3) is 5.79. The molecule has 0 spiro atoms. The van der Waals surface area contributed by atoms with Crippen molar-refractivity contribution in [3.8, 4) is 5.75 Å². The lowest BCUT2D eigenvalue weighted by Gasteiger charge is -2.19. The first-order chi connectivity index (χ1) is 11.9. The van der Waals surface area contributed by atoms with Crippen molar-refractivity contribution in [2.24, 2.45) is 5.92 Å². The first-order valence-electron chi connectivity index (χ1n) is 8.33. The fraction of sp³-hybridized carbons (Fsp3) is 0.588. The van der Waals surface area contributed by atoms with E-state index in [1.54, 1.807) is 0 Å². The van der Waals surface area contributed by atoms with Crippen LogP contribution in [0.5, 0.6) is 5.75 Å². The van der Waals surface area contributed by atoms with Crippen LogP contribution >= 0.6 is 12.2 Å². The molecule has 0 aromatic heterocycles. The Labute approximate surface area is 153 Å². The van der Waals surface area contributed by atoms with Gasteiger partial charge in [0.2, 0.25) is 0 Å². The van der Waals surface area contributed by atoms with Gasteiger partial charge in [-0.05, 0) is 48.8 Å². The second-order valence-corrected chi connectivity index (χ2v) is 6.82. The Bertz CT molecular complexity index is 554. The van der Waals surface area contributed by atoms with Crippen LogP contribution in [0, 0.1) is 5.92 Å². The molecule has 0 amide bonds. The van der Waals surface area contributed by atoms with E-state index < -0.39 is 24.5 Å². The molecular formula is C17H26N2O5S. The number of ether oxygens (including phenoxy) is 2. The van der Waals surface area contributed by atoms with Gasteiger partial charge < -0.3 is 35.4 Å². The summed E-state index contributed by atoms with van der Waals surface area (Å²) in [6, 6.07) is 7.35. The number of aliphatic hydroxyl groups is 3. The number of benzene rings is 1. The van der Waals surface area contributed by atoms with Crippen molar-refractivity contribution in [1.29, 1.82) is 0 Å². The van der Waals surface area contributed by atoms with Crippen LogP contribution < -0.4 is 15.4 Å². The van der Waals surface area contributed by atoms with Crippen LogP contribution in [0.25, 0.3) is 0 Å². The predicted molar refractivity (Wildman–Crippen MR) is 98.5 cm³/mol. The molecule has 1 heterocycles. The highest BCUT2D eigenvalue weighted by atomic mass is 32.1. The van der Waals surface area contributed by atoms with Gasteiger partial charge in [-0.15, -0.1) is 0 Å². The van der Waals surface area contributed by atoms with Crippen molar-refractivity contribution in [2.75, 3.05) is 18.5 Å². The van der Waals surface area contributed by atoms with E-state index in [1.807, 2.05) is 24.3 Å². The zero-order valence-electron chi connectivity index (χ0n) is 14.4. The third-order valence-corrected chi connectivity index (χ3v) is 4.11. The molecule has 1 aromatic rings. The van der Waals surface area contributed by atoms with E-state index in [0.717, 1.165) is 17.9 Å². The van der Waals surface area contributed by atoms with E-state index >= 15 is 0 Å². The van der Waals surface area contributed by atoms with Gasteiger partial charge in [-0.1, -0.05) is 13.8 Å². The minimum atomic E-state index is -1.17. The summed E-state index contributed by atoms with van der Waals surface area (Å²) in [5, 5.41) is 34.7. The van der Waals surface area contributed by atoms with Crippen molar-refractivity contribution >= 4 is 23.0 Å². The van der Waals surface area contributed by atoms with Crippen molar-refractivity contribution in [2.45, 2.75) is 44.8 Å². The van der Waals surface area contributed by atoms with Crippen molar-refractivity contribution in [1.82, 2.24) is 5.32 Å². The van der Waals surface area contributed by atoms with Gasteiger partial charge in [0, 0.05) is 5.69 Å². The van der Waals surface area contributed by atoms with Crippen molar-refractivity contribution in [3.05, 3.63) is 24.3 Å². The monoisotopic (exact) mass is 370 g/mol. The summed E-state index contributed by atoms with van der Waals surface area (Å²) < 4.78 is 11.0. The Morgan fingerprint density at radius 3 is 2.48 bits per heavy atom. The van der Waals surface area contributed by atoms with Crippen molar-refractivity contribution < 1.29 is 24.8 Å². The molecule has 1 saturated heterocycles. The summed E-state index contributed by atoms with van der Waals surface area (Å²) in [7, 11) is 0. The van der Waals surface area contributed by atoms with E-state index in [-0.39, 0.29) is 11.7 Å². The number of anilines is 1. The largest absolute Gasteiger partial charge is 0.494 e. The summed E-state index contributed by atoms with van der Waals surface area (Å²) in [5.74, 6) is 1.38. The van der Waals surface area contributed by atoms with Crippen LogP contribution in [0.3, 0.4) is 0 Å². The molecule has 8 heteroatoms. The number of rotatable bonds is 7. The Morgan fingerprint density at radius 1 is 1.24 bits per heavy atom. The molecule has 0 saturated carbocycles. The predicted octanol–water partition coefficient (Wildman–Crippen LogP) is 0.837. The van der Waals surface area contributed by atoms with E-state index in [9.17, 15) is 10.2 Å². The first kappa shape index (κ1) is 19.9. The third-order valence-electron chi connectivity index (χ3n) is 3.89. The maximum atomic E-state index is 9.88.